The second kappa shape index (κ2) is 8.68. The van der Waals surface area contributed by atoms with Crippen LogP contribution in [-0.4, -0.2) is 37.5 Å². The molecule has 7 nitrogen and oxygen atoms in total. The molecule has 0 bridgehead atoms. The highest BCUT2D eigenvalue weighted by Gasteiger charge is 2.23. The van der Waals surface area contributed by atoms with E-state index in [1.807, 2.05) is 47.0 Å². The zero-order valence-electron chi connectivity index (χ0n) is 16.8. The van der Waals surface area contributed by atoms with Gasteiger partial charge in [-0.1, -0.05) is 42.8 Å². The van der Waals surface area contributed by atoms with Gasteiger partial charge in [-0.05, 0) is 37.1 Å². The minimum atomic E-state index is 0.0339. The average Bonchev–Trinajstić information content (AvgIpc) is 3.52. The van der Waals surface area contributed by atoms with Crippen LogP contribution in [0.15, 0.2) is 53.8 Å². The van der Waals surface area contributed by atoms with Crippen LogP contribution >= 0.6 is 23.1 Å². The number of thiophene rings is 1. The lowest BCUT2D eigenvalue weighted by Gasteiger charge is -2.12. The predicted molar refractivity (Wildman–Crippen MR) is 126 cm³/mol. The van der Waals surface area contributed by atoms with Crippen molar-refractivity contribution >= 4 is 44.9 Å². The van der Waals surface area contributed by atoms with Crippen LogP contribution in [0.1, 0.15) is 25.7 Å². The predicted octanol–water partition coefficient (Wildman–Crippen LogP) is 4.28. The summed E-state index contributed by atoms with van der Waals surface area (Å²) in [6, 6.07) is 14.0. The fourth-order valence-corrected chi connectivity index (χ4v) is 5.71. The summed E-state index contributed by atoms with van der Waals surface area (Å²) in [7, 11) is 0. The number of hydrogen-bond donors (Lipinski definition) is 2. The largest absolute Gasteiger partial charge is 0.397 e. The number of amides is 1. The number of rotatable bonds is 6. The molecule has 0 spiro atoms. The highest BCUT2D eigenvalue weighted by Crippen LogP contribution is 2.40. The smallest absolute Gasteiger partial charge is 0.230 e. The molecule has 9 heteroatoms. The standard InChI is InChI=1S/C22H22N6OS2/c23-18-16-11-6-12-24-21(16)31-19(18)20-26-27-22(28(20)15-9-2-1-3-10-15)30-13-17(29)25-14-7-4-5-8-14/h1-3,6,9-12,14H,4-5,7-8,13,23H2,(H,25,29). The van der Waals surface area contributed by atoms with Gasteiger partial charge in [0.2, 0.25) is 5.91 Å². The Bertz CT molecular complexity index is 1210. The first kappa shape index (κ1) is 20.0. The SMILES string of the molecule is Nc1c(-c2nnc(SCC(=O)NC3CCCC3)n2-c2ccccc2)sc2ncccc12. The molecule has 0 radical (unpaired) electrons. The summed E-state index contributed by atoms with van der Waals surface area (Å²) in [5, 5.41) is 13.6. The number of thioether (sulfide) groups is 1. The van der Waals surface area contributed by atoms with E-state index in [9.17, 15) is 4.79 Å². The Morgan fingerprint density at radius 2 is 1.97 bits per heavy atom. The molecular formula is C22H22N6OS2. The molecule has 0 unspecified atom stereocenters. The van der Waals surface area contributed by atoms with E-state index in [2.05, 4.69) is 20.5 Å². The van der Waals surface area contributed by atoms with Crippen LogP contribution in [0.3, 0.4) is 0 Å². The number of carbonyl (C=O) groups is 1. The van der Waals surface area contributed by atoms with E-state index in [1.54, 1.807) is 6.20 Å². The number of pyridine rings is 1. The highest BCUT2D eigenvalue weighted by atomic mass is 32.2. The monoisotopic (exact) mass is 450 g/mol. The average molecular weight is 451 g/mol. The number of carbonyl (C=O) groups excluding carboxylic acids is 1. The van der Waals surface area contributed by atoms with Gasteiger partial charge < -0.3 is 11.1 Å². The van der Waals surface area contributed by atoms with Gasteiger partial charge in [0, 0.05) is 23.3 Å². The summed E-state index contributed by atoms with van der Waals surface area (Å²) in [6.07, 6.45) is 6.28. The minimum absolute atomic E-state index is 0.0339. The molecule has 1 amide bonds. The van der Waals surface area contributed by atoms with Gasteiger partial charge in [0.15, 0.2) is 11.0 Å². The molecule has 0 aliphatic heterocycles. The summed E-state index contributed by atoms with van der Waals surface area (Å²) in [5.74, 6) is 0.988. The molecule has 1 aromatic carbocycles. The quantitative estimate of drug-likeness (QED) is 0.426. The van der Waals surface area contributed by atoms with Crippen LogP contribution in [0.4, 0.5) is 5.69 Å². The van der Waals surface area contributed by atoms with Gasteiger partial charge in [-0.2, -0.15) is 0 Å². The Labute approximate surface area is 188 Å². The number of benzene rings is 1. The minimum Gasteiger partial charge on any atom is -0.397 e. The first-order valence-corrected chi connectivity index (χ1v) is 12.1. The molecule has 31 heavy (non-hydrogen) atoms. The van der Waals surface area contributed by atoms with Crippen molar-refractivity contribution in [2.24, 2.45) is 0 Å². The molecule has 4 aromatic rings. The van der Waals surface area contributed by atoms with Crippen LogP contribution in [0.25, 0.3) is 26.6 Å². The lowest BCUT2D eigenvalue weighted by atomic mass is 10.2. The Kier molecular flexibility index (Phi) is 5.61. The Morgan fingerprint density at radius 1 is 1.16 bits per heavy atom. The topological polar surface area (TPSA) is 98.7 Å². The molecular weight excluding hydrogens is 428 g/mol. The third-order valence-corrected chi connectivity index (χ3v) is 7.46. The first-order chi connectivity index (χ1) is 15.2. The van der Waals surface area contributed by atoms with E-state index >= 15 is 0 Å². The maximum Gasteiger partial charge on any atom is 0.230 e. The molecule has 1 aliphatic carbocycles. The van der Waals surface area contributed by atoms with Gasteiger partial charge in [-0.25, -0.2) is 4.98 Å². The van der Waals surface area contributed by atoms with E-state index in [-0.39, 0.29) is 5.91 Å². The van der Waals surface area contributed by atoms with Crippen molar-refractivity contribution in [3.63, 3.8) is 0 Å². The molecule has 1 fully saturated rings. The van der Waals surface area contributed by atoms with Crippen LogP contribution in [-0.2, 0) is 4.79 Å². The molecule has 0 saturated heterocycles. The molecule has 3 N–H and O–H groups in total. The van der Waals surface area contributed by atoms with Crippen molar-refractivity contribution in [1.82, 2.24) is 25.1 Å². The van der Waals surface area contributed by atoms with Crippen molar-refractivity contribution in [3.8, 4) is 16.4 Å². The van der Waals surface area contributed by atoms with Gasteiger partial charge in [0.1, 0.15) is 4.83 Å². The van der Waals surface area contributed by atoms with Crippen LogP contribution < -0.4 is 11.1 Å². The first-order valence-electron chi connectivity index (χ1n) is 10.3. The van der Waals surface area contributed by atoms with E-state index in [0.29, 0.717) is 28.5 Å². The zero-order valence-corrected chi connectivity index (χ0v) is 18.5. The highest BCUT2D eigenvalue weighted by molar-refractivity contribution is 7.99. The fraction of sp³-hybridized carbons (Fsp3) is 0.273. The normalized spacial score (nSPS) is 14.3. The number of hydrogen-bond acceptors (Lipinski definition) is 7. The van der Waals surface area contributed by atoms with E-state index in [4.69, 9.17) is 5.73 Å². The summed E-state index contributed by atoms with van der Waals surface area (Å²) in [4.78, 5) is 18.6. The van der Waals surface area contributed by atoms with Gasteiger partial charge in [0.05, 0.1) is 16.3 Å². The fourth-order valence-electron chi connectivity index (χ4n) is 3.91. The van der Waals surface area contributed by atoms with Crippen LogP contribution in [0, 0.1) is 0 Å². The molecule has 158 valence electrons. The van der Waals surface area contributed by atoms with E-state index < -0.39 is 0 Å². The molecule has 1 aliphatic rings. The molecule has 3 aromatic heterocycles. The summed E-state index contributed by atoms with van der Waals surface area (Å²) in [5.41, 5.74) is 8.03. The third kappa shape index (κ3) is 4.03. The van der Waals surface area contributed by atoms with E-state index in [0.717, 1.165) is 33.6 Å². The third-order valence-electron chi connectivity index (χ3n) is 5.41. The molecule has 3 heterocycles. The summed E-state index contributed by atoms with van der Waals surface area (Å²) < 4.78 is 1.97. The van der Waals surface area contributed by atoms with Gasteiger partial charge in [-0.3, -0.25) is 9.36 Å². The number of nitrogens with one attached hydrogen (secondary N) is 1. The molecule has 5 rings (SSSR count). The van der Waals surface area contributed by atoms with Crippen LogP contribution in [0.5, 0.6) is 0 Å². The zero-order chi connectivity index (χ0) is 21.2. The Balaban J connectivity index is 1.48. The maximum atomic E-state index is 12.5. The molecule has 0 atom stereocenters. The van der Waals surface area contributed by atoms with Crippen molar-refractivity contribution in [2.45, 2.75) is 36.9 Å². The number of fused-ring (bicyclic) bond motifs is 1. The number of para-hydroxylation sites is 1. The Morgan fingerprint density at radius 3 is 2.74 bits per heavy atom. The maximum absolute atomic E-state index is 12.5. The van der Waals surface area contributed by atoms with Crippen molar-refractivity contribution in [1.29, 1.82) is 0 Å². The second-order valence-corrected chi connectivity index (χ2v) is 9.46. The number of aromatic nitrogens is 4. The van der Waals surface area contributed by atoms with Gasteiger partial charge >= 0.3 is 0 Å². The summed E-state index contributed by atoms with van der Waals surface area (Å²) >= 11 is 2.88. The number of nitrogen functional groups attached to an aromatic ring is 1. The Hall–Kier alpha value is -2.91. The van der Waals surface area contributed by atoms with Crippen molar-refractivity contribution in [2.75, 3.05) is 11.5 Å². The number of anilines is 1. The lowest BCUT2D eigenvalue weighted by molar-refractivity contribution is -0.119. The lowest BCUT2D eigenvalue weighted by Crippen LogP contribution is -2.33. The van der Waals surface area contributed by atoms with Gasteiger partial charge in [-0.15, -0.1) is 21.5 Å². The van der Waals surface area contributed by atoms with Gasteiger partial charge in [0.25, 0.3) is 0 Å². The van der Waals surface area contributed by atoms with Crippen molar-refractivity contribution < 1.29 is 4.79 Å². The van der Waals surface area contributed by atoms with Crippen molar-refractivity contribution in [3.05, 3.63) is 48.7 Å². The van der Waals surface area contributed by atoms with E-state index in [1.165, 1.54) is 35.9 Å². The number of nitrogens with zero attached hydrogens (tertiary/aromatic N) is 4. The second-order valence-electron chi connectivity index (χ2n) is 7.52. The molecule has 1 saturated carbocycles. The summed E-state index contributed by atoms with van der Waals surface area (Å²) in [6.45, 7) is 0. The number of nitrogens with two attached hydrogens (primary N) is 1. The van der Waals surface area contributed by atoms with Crippen LogP contribution in [0.2, 0.25) is 0 Å².